The molecule has 3 heterocycles. The van der Waals surface area contributed by atoms with Gasteiger partial charge in [0.25, 0.3) is 11.8 Å². The maximum Gasteiger partial charge on any atom is 0.276 e. The lowest BCUT2D eigenvalue weighted by Crippen LogP contribution is -2.38. The quantitative estimate of drug-likeness (QED) is 0.263. The third kappa shape index (κ3) is 5.81. The molecule has 1 aliphatic rings. The molecular formula is C31H31FN6O3. The number of amides is 3. The molecule has 10 heteroatoms. The second-order valence-electron chi connectivity index (χ2n) is 10.0. The van der Waals surface area contributed by atoms with Gasteiger partial charge in [-0.15, -0.1) is 0 Å². The zero-order valence-electron chi connectivity index (χ0n) is 22.9. The van der Waals surface area contributed by atoms with Crippen molar-refractivity contribution in [3.63, 3.8) is 0 Å². The van der Waals surface area contributed by atoms with E-state index in [0.29, 0.717) is 29.1 Å². The number of H-pyrrole nitrogens is 1. The minimum atomic E-state index is -0.503. The highest BCUT2D eigenvalue weighted by Gasteiger charge is 2.35. The summed E-state index contributed by atoms with van der Waals surface area (Å²) >= 11 is 0. The summed E-state index contributed by atoms with van der Waals surface area (Å²) in [6, 6.07) is 15.2. The smallest absolute Gasteiger partial charge is 0.276 e. The largest absolute Gasteiger partial charge is 0.357 e. The summed E-state index contributed by atoms with van der Waals surface area (Å²) < 4.78 is 15.8. The molecule has 0 fully saturated rings. The van der Waals surface area contributed by atoms with Crippen LogP contribution >= 0.6 is 0 Å². The molecule has 5 rings (SSSR count). The molecule has 210 valence electrons. The summed E-state index contributed by atoms with van der Waals surface area (Å²) in [6.07, 6.45) is 3.63. The third-order valence-corrected chi connectivity index (χ3v) is 7.16. The summed E-state index contributed by atoms with van der Waals surface area (Å²) in [5.41, 5.74) is 4.73. The monoisotopic (exact) mass is 554 g/mol. The summed E-state index contributed by atoms with van der Waals surface area (Å²) in [6.45, 7) is 8.26. The lowest BCUT2D eigenvalue weighted by atomic mass is 9.95. The number of hydrogen-bond acceptors (Lipinski definition) is 4. The first-order chi connectivity index (χ1) is 19.8. The molecule has 2 aromatic carbocycles. The Kier molecular flexibility index (Phi) is 7.82. The van der Waals surface area contributed by atoms with E-state index in [1.807, 2.05) is 38.1 Å². The van der Waals surface area contributed by atoms with E-state index in [1.54, 1.807) is 34.0 Å². The Hall–Kier alpha value is -4.99. The molecule has 0 spiro atoms. The van der Waals surface area contributed by atoms with Gasteiger partial charge in [0.1, 0.15) is 11.5 Å². The van der Waals surface area contributed by atoms with Crippen molar-refractivity contribution in [1.29, 1.82) is 0 Å². The van der Waals surface area contributed by atoms with Crippen LogP contribution in [0.1, 0.15) is 63.1 Å². The van der Waals surface area contributed by atoms with Crippen LogP contribution in [0.2, 0.25) is 0 Å². The summed E-state index contributed by atoms with van der Waals surface area (Å²) in [5, 5.41) is 10.3. The highest BCUT2D eigenvalue weighted by molar-refractivity contribution is 6.04. The fourth-order valence-electron chi connectivity index (χ4n) is 5.19. The Morgan fingerprint density at radius 1 is 1.15 bits per heavy atom. The number of carbonyl (C=O) groups excluding carboxylic acids is 3. The van der Waals surface area contributed by atoms with Crippen LogP contribution in [0.3, 0.4) is 0 Å². The van der Waals surface area contributed by atoms with Crippen LogP contribution in [0.5, 0.6) is 0 Å². The molecule has 0 saturated heterocycles. The zero-order chi connectivity index (χ0) is 29.1. The topological polar surface area (TPSA) is 112 Å². The van der Waals surface area contributed by atoms with Gasteiger partial charge in [0.05, 0.1) is 13.1 Å². The first kappa shape index (κ1) is 27.6. The molecule has 1 atom stereocenters. The zero-order valence-corrected chi connectivity index (χ0v) is 22.9. The van der Waals surface area contributed by atoms with Gasteiger partial charge in [-0.3, -0.25) is 19.1 Å². The Bertz CT molecular complexity index is 1620. The number of halogens is 1. The van der Waals surface area contributed by atoms with E-state index < -0.39 is 17.6 Å². The third-order valence-electron chi connectivity index (χ3n) is 7.16. The normalized spacial score (nSPS) is 14.3. The first-order valence-corrected chi connectivity index (χ1v) is 13.4. The van der Waals surface area contributed by atoms with Gasteiger partial charge in [-0.05, 0) is 60.0 Å². The second kappa shape index (κ2) is 11.6. The van der Waals surface area contributed by atoms with E-state index in [1.165, 1.54) is 12.1 Å². The number of carbonyl (C=O) groups is 3. The molecule has 3 amide bonds. The maximum atomic E-state index is 14.1. The van der Waals surface area contributed by atoms with Crippen molar-refractivity contribution in [3.8, 4) is 0 Å². The molecule has 4 aromatic rings. The molecule has 0 saturated carbocycles. The van der Waals surface area contributed by atoms with Gasteiger partial charge in [0, 0.05) is 41.3 Å². The fraction of sp³-hybridized carbons (Fsp3) is 0.226. The standard InChI is InChI=1S/C31H31FN6O3/c1-4-20-8-6-9-23(14-20)34-30(40)28-24-18-37(31(41)25-10-7-13-33-25)16-19(3)29(24)38(36-28)17-21-11-12-22(32)15-26(21)35-27(39)5-2/h5-15,19,33H,2,4,16-18H2,1,3H3,(H,34,40)(H,35,39). The van der Waals surface area contributed by atoms with Crippen molar-refractivity contribution < 1.29 is 18.8 Å². The van der Waals surface area contributed by atoms with Crippen molar-refractivity contribution in [3.05, 3.63) is 113 Å². The number of hydrogen-bond donors (Lipinski definition) is 3. The first-order valence-electron chi connectivity index (χ1n) is 13.4. The van der Waals surface area contributed by atoms with E-state index in [-0.39, 0.29) is 36.3 Å². The van der Waals surface area contributed by atoms with Gasteiger partial charge >= 0.3 is 0 Å². The predicted octanol–water partition coefficient (Wildman–Crippen LogP) is 5.10. The fourth-order valence-corrected chi connectivity index (χ4v) is 5.19. The van der Waals surface area contributed by atoms with Crippen LogP contribution < -0.4 is 10.6 Å². The number of aromatic nitrogens is 3. The molecule has 2 aromatic heterocycles. The minimum absolute atomic E-state index is 0.165. The van der Waals surface area contributed by atoms with Crippen molar-refractivity contribution in [1.82, 2.24) is 19.7 Å². The van der Waals surface area contributed by atoms with Gasteiger partial charge in [0.2, 0.25) is 5.91 Å². The average Bonchev–Trinajstić information content (AvgIpc) is 3.63. The number of fused-ring (bicyclic) bond motifs is 1. The van der Waals surface area contributed by atoms with E-state index >= 15 is 0 Å². The number of aryl methyl sites for hydroxylation is 1. The highest BCUT2D eigenvalue weighted by atomic mass is 19.1. The number of rotatable bonds is 8. The van der Waals surface area contributed by atoms with Gasteiger partial charge in [-0.2, -0.15) is 5.10 Å². The highest BCUT2D eigenvalue weighted by Crippen LogP contribution is 2.33. The Morgan fingerprint density at radius 3 is 2.71 bits per heavy atom. The molecule has 3 N–H and O–H groups in total. The van der Waals surface area contributed by atoms with Crippen LogP contribution in [0, 0.1) is 5.82 Å². The molecule has 9 nitrogen and oxygen atoms in total. The van der Waals surface area contributed by atoms with Crippen LogP contribution in [0.15, 0.2) is 73.4 Å². The number of benzene rings is 2. The molecule has 1 aliphatic heterocycles. The average molecular weight is 555 g/mol. The van der Waals surface area contributed by atoms with Gasteiger partial charge < -0.3 is 20.5 Å². The van der Waals surface area contributed by atoms with E-state index in [2.05, 4.69) is 22.2 Å². The molecule has 0 bridgehead atoms. The lowest BCUT2D eigenvalue weighted by Gasteiger charge is -2.32. The lowest BCUT2D eigenvalue weighted by molar-refractivity contribution is -0.111. The van der Waals surface area contributed by atoms with E-state index in [4.69, 9.17) is 5.10 Å². The summed E-state index contributed by atoms with van der Waals surface area (Å²) in [4.78, 5) is 43.6. The Morgan fingerprint density at radius 2 is 1.98 bits per heavy atom. The van der Waals surface area contributed by atoms with Gasteiger partial charge in [-0.1, -0.05) is 38.6 Å². The predicted molar refractivity (Wildman–Crippen MR) is 154 cm³/mol. The van der Waals surface area contributed by atoms with E-state index in [9.17, 15) is 18.8 Å². The summed E-state index contributed by atoms with van der Waals surface area (Å²) in [7, 11) is 0. The SMILES string of the molecule is C=CC(=O)Nc1cc(F)ccc1Cn1nc(C(=O)Nc2cccc(CC)c2)c2c1C(C)CN(C(=O)c1ccc[nH]1)C2. The molecule has 0 radical (unpaired) electrons. The summed E-state index contributed by atoms with van der Waals surface area (Å²) in [5.74, 6) is -1.71. The maximum absolute atomic E-state index is 14.1. The van der Waals surface area contributed by atoms with Crippen molar-refractivity contribution >= 4 is 29.1 Å². The van der Waals surface area contributed by atoms with Crippen molar-refractivity contribution in [2.24, 2.45) is 0 Å². The number of anilines is 2. The van der Waals surface area contributed by atoms with Crippen molar-refractivity contribution in [2.75, 3.05) is 17.2 Å². The number of aromatic amines is 1. The Labute approximate surface area is 237 Å². The van der Waals surface area contributed by atoms with Crippen molar-refractivity contribution in [2.45, 2.75) is 39.3 Å². The van der Waals surface area contributed by atoms with Gasteiger partial charge in [-0.25, -0.2) is 4.39 Å². The second-order valence-corrected chi connectivity index (χ2v) is 10.0. The molecule has 0 aliphatic carbocycles. The van der Waals surface area contributed by atoms with E-state index in [0.717, 1.165) is 23.8 Å². The van der Waals surface area contributed by atoms with Crippen LogP contribution in [-0.2, 0) is 24.3 Å². The number of nitrogens with zero attached hydrogens (tertiary/aromatic N) is 3. The van der Waals surface area contributed by atoms with Crippen LogP contribution in [-0.4, -0.2) is 43.9 Å². The Balaban J connectivity index is 1.54. The van der Waals surface area contributed by atoms with Gasteiger partial charge in [0.15, 0.2) is 5.69 Å². The minimum Gasteiger partial charge on any atom is -0.357 e. The number of nitrogens with one attached hydrogen (secondary N) is 3. The van der Waals surface area contributed by atoms with Crippen LogP contribution in [0.25, 0.3) is 0 Å². The molecule has 41 heavy (non-hydrogen) atoms. The molecule has 1 unspecified atom stereocenters. The molecular weight excluding hydrogens is 523 g/mol. The van der Waals surface area contributed by atoms with Crippen LogP contribution in [0.4, 0.5) is 15.8 Å².